The highest BCUT2D eigenvalue weighted by atomic mass is 16.4. The quantitative estimate of drug-likeness (QED) is 0.327. The second-order valence-corrected chi connectivity index (χ2v) is 13.8. The molecule has 2 aliphatic rings. The lowest BCUT2D eigenvalue weighted by Crippen LogP contribution is -2.68. The Bertz CT molecular complexity index is 725. The smallest absolute Gasteiger partial charge is 0.0481 e. The largest absolute Gasteiger partial charge is 0.550 e. The number of aliphatic carboxylic acids is 2. The van der Waals surface area contributed by atoms with Crippen LogP contribution in [0.4, 0.5) is 0 Å². The molecule has 2 unspecified atom stereocenters. The maximum atomic E-state index is 13.6. The maximum absolute atomic E-state index is 13.6. The van der Waals surface area contributed by atoms with Gasteiger partial charge >= 0.3 is 0 Å². The van der Waals surface area contributed by atoms with Gasteiger partial charge in [-0.15, -0.1) is 0 Å². The molecule has 6 heteroatoms. The molecule has 37 heavy (non-hydrogen) atoms. The number of rotatable bonds is 14. The van der Waals surface area contributed by atoms with Crippen molar-refractivity contribution in [2.75, 3.05) is 0 Å². The minimum Gasteiger partial charge on any atom is -0.550 e. The van der Waals surface area contributed by atoms with E-state index in [0.29, 0.717) is 12.8 Å². The summed E-state index contributed by atoms with van der Waals surface area (Å²) in [5.74, 6) is -1.82. The number of unbranched alkanes of at least 4 members (excludes halogenated alkanes) is 3. The van der Waals surface area contributed by atoms with Crippen LogP contribution in [-0.4, -0.2) is 34.1 Å². The van der Waals surface area contributed by atoms with E-state index in [1.165, 1.54) is 0 Å². The average molecular weight is 521 g/mol. The lowest BCUT2D eigenvalue weighted by atomic mass is 9.51. The molecule has 2 saturated heterocycles. The lowest BCUT2D eigenvalue weighted by Gasteiger charge is -2.61. The van der Waals surface area contributed by atoms with E-state index >= 15 is 0 Å². The number of carboxylic acids is 2. The fourth-order valence-electron chi connectivity index (χ4n) is 8.34. The van der Waals surface area contributed by atoms with E-state index in [4.69, 9.17) is 0 Å². The van der Waals surface area contributed by atoms with E-state index in [1.54, 1.807) is 0 Å². The summed E-state index contributed by atoms with van der Waals surface area (Å²) in [6.45, 7) is 17.8. The van der Waals surface area contributed by atoms with Gasteiger partial charge in [-0.1, -0.05) is 47.0 Å². The highest BCUT2D eigenvalue weighted by molar-refractivity contribution is 5.73. The molecule has 0 saturated carbocycles. The molecule has 0 aromatic heterocycles. The van der Waals surface area contributed by atoms with Gasteiger partial charge in [-0.3, -0.25) is 0 Å². The van der Waals surface area contributed by atoms with Crippen molar-refractivity contribution in [2.45, 2.75) is 167 Å². The van der Waals surface area contributed by atoms with Crippen molar-refractivity contribution >= 4 is 11.9 Å². The fourth-order valence-corrected chi connectivity index (χ4v) is 8.34. The number of carboxylic acid groups (broad SMARTS) is 2. The molecule has 0 aliphatic carbocycles. The van der Waals surface area contributed by atoms with Crippen LogP contribution in [0.1, 0.15) is 145 Å². The predicted octanol–water partition coefficient (Wildman–Crippen LogP) is 4.49. The van der Waals surface area contributed by atoms with Crippen LogP contribution in [0.2, 0.25) is 0 Å². The molecule has 2 rings (SSSR count). The van der Waals surface area contributed by atoms with Crippen LogP contribution in [-0.2, 0) is 9.59 Å². The van der Waals surface area contributed by atoms with Crippen molar-refractivity contribution in [1.29, 1.82) is 0 Å². The monoisotopic (exact) mass is 520 g/mol. The van der Waals surface area contributed by atoms with Crippen LogP contribution in [0.25, 0.3) is 0 Å². The van der Waals surface area contributed by atoms with Gasteiger partial charge in [0.1, 0.15) is 0 Å². The first-order valence-corrected chi connectivity index (χ1v) is 15.1. The van der Waals surface area contributed by atoms with E-state index in [9.17, 15) is 19.8 Å². The Labute approximate surface area is 227 Å². The van der Waals surface area contributed by atoms with Crippen LogP contribution < -0.4 is 20.8 Å². The Balaban J connectivity index is 2.53. The summed E-state index contributed by atoms with van der Waals surface area (Å²) in [5.41, 5.74) is -1.36. The molecule has 2 heterocycles. The summed E-state index contributed by atoms with van der Waals surface area (Å²) >= 11 is 0. The zero-order valence-corrected chi connectivity index (χ0v) is 25.2. The van der Waals surface area contributed by atoms with Crippen molar-refractivity contribution in [2.24, 2.45) is 17.3 Å². The molecule has 0 aromatic rings. The first kappa shape index (κ1) is 32.1. The Morgan fingerprint density at radius 1 is 0.703 bits per heavy atom. The fraction of sp³-hybridized carbons (Fsp3) is 0.935. The van der Waals surface area contributed by atoms with Crippen LogP contribution >= 0.6 is 0 Å². The Morgan fingerprint density at radius 3 is 1.46 bits per heavy atom. The van der Waals surface area contributed by atoms with Crippen molar-refractivity contribution in [3.8, 4) is 0 Å². The molecular formula is C31H56N2O4-2. The van der Waals surface area contributed by atoms with Crippen LogP contribution in [0.15, 0.2) is 0 Å². The number of carbonyl (C=O) groups excluding carboxylic acids is 2. The van der Waals surface area contributed by atoms with Crippen molar-refractivity contribution < 1.29 is 19.8 Å². The molecule has 2 N–H and O–H groups in total. The number of hydrogen-bond donors (Lipinski definition) is 2. The van der Waals surface area contributed by atoms with Crippen LogP contribution in [0.5, 0.6) is 0 Å². The number of nitrogens with one attached hydrogen (secondary N) is 2. The molecule has 0 bridgehead atoms. The minimum atomic E-state index is -1.01. The summed E-state index contributed by atoms with van der Waals surface area (Å²) in [6.07, 6.45) is 10.9. The van der Waals surface area contributed by atoms with Crippen molar-refractivity contribution in [1.82, 2.24) is 10.6 Å². The molecule has 0 radical (unpaired) electrons. The van der Waals surface area contributed by atoms with Gasteiger partial charge in [0.2, 0.25) is 0 Å². The predicted molar refractivity (Wildman–Crippen MR) is 147 cm³/mol. The summed E-state index contributed by atoms with van der Waals surface area (Å²) in [7, 11) is 0. The normalized spacial score (nSPS) is 27.8. The summed E-state index contributed by atoms with van der Waals surface area (Å²) in [4.78, 5) is 24.4. The van der Waals surface area contributed by atoms with Gasteiger partial charge in [0.05, 0.1) is 0 Å². The number of hydrogen-bond acceptors (Lipinski definition) is 6. The van der Waals surface area contributed by atoms with Gasteiger partial charge in [-0.2, -0.15) is 0 Å². The molecule has 216 valence electrons. The zero-order chi connectivity index (χ0) is 28.1. The molecular weight excluding hydrogens is 464 g/mol. The Hall–Kier alpha value is -1.14. The van der Waals surface area contributed by atoms with Gasteiger partial charge in [0, 0.05) is 39.5 Å². The van der Waals surface area contributed by atoms with E-state index in [2.05, 4.69) is 66.0 Å². The molecule has 0 spiro atoms. The van der Waals surface area contributed by atoms with Gasteiger partial charge in [0.25, 0.3) is 0 Å². The van der Waals surface area contributed by atoms with Gasteiger partial charge < -0.3 is 30.4 Å². The van der Waals surface area contributed by atoms with E-state index in [-0.39, 0.29) is 40.4 Å². The zero-order valence-electron chi connectivity index (χ0n) is 25.2. The molecule has 0 aromatic carbocycles. The molecule has 0 amide bonds. The van der Waals surface area contributed by atoms with E-state index in [1.807, 2.05) is 0 Å². The standard InChI is InChI=1S/C31H58N2O4/c1-9-29(10-2)21-23(19-27(5,6)32-29)31(26(36)37,18-16-14-13-15-17-25(34)35)24-20-28(7,8)33-30(11-3,12-4)22-24/h23-24,32-33H,9-22H2,1-8H3,(H,34,35)(H,36,37)/p-2. The lowest BCUT2D eigenvalue weighted by molar-refractivity contribution is -0.329. The van der Waals surface area contributed by atoms with Gasteiger partial charge in [-0.05, 0) is 110 Å². The average Bonchev–Trinajstić information content (AvgIpc) is 2.81. The Morgan fingerprint density at radius 2 is 1.11 bits per heavy atom. The molecule has 2 atom stereocenters. The number of carbonyl (C=O) groups is 2. The first-order chi connectivity index (χ1) is 17.1. The van der Waals surface area contributed by atoms with Gasteiger partial charge in [0.15, 0.2) is 0 Å². The summed E-state index contributed by atoms with van der Waals surface area (Å²) < 4.78 is 0. The second-order valence-electron chi connectivity index (χ2n) is 13.8. The summed E-state index contributed by atoms with van der Waals surface area (Å²) in [6, 6.07) is 0. The third-order valence-corrected chi connectivity index (χ3v) is 10.3. The third kappa shape index (κ3) is 7.50. The highest BCUT2D eigenvalue weighted by Crippen LogP contribution is 2.56. The molecule has 2 fully saturated rings. The topological polar surface area (TPSA) is 104 Å². The van der Waals surface area contributed by atoms with Gasteiger partial charge in [-0.25, -0.2) is 0 Å². The number of piperidine rings is 2. The SMILES string of the molecule is CCC1(CC)CC(C(CCCCCCC(=O)[O-])(C(=O)[O-])C2CC(C)(C)NC(CC)(CC)C2)CC(C)(C)N1. The Kier molecular flexibility index (Phi) is 10.7. The first-order valence-electron chi connectivity index (χ1n) is 15.1. The van der Waals surface area contributed by atoms with Crippen LogP contribution in [0, 0.1) is 17.3 Å². The highest BCUT2D eigenvalue weighted by Gasteiger charge is 2.56. The molecule has 6 nitrogen and oxygen atoms in total. The molecule has 2 aliphatic heterocycles. The van der Waals surface area contributed by atoms with Crippen molar-refractivity contribution in [3.05, 3.63) is 0 Å². The minimum absolute atomic E-state index is 0.0298. The maximum Gasteiger partial charge on any atom is 0.0481 e. The second kappa shape index (κ2) is 12.4. The third-order valence-electron chi connectivity index (χ3n) is 10.3. The van der Waals surface area contributed by atoms with Crippen molar-refractivity contribution in [3.63, 3.8) is 0 Å². The summed E-state index contributed by atoms with van der Waals surface area (Å²) in [5, 5.41) is 32.3. The van der Waals surface area contributed by atoms with Crippen LogP contribution in [0.3, 0.4) is 0 Å². The van der Waals surface area contributed by atoms with E-state index < -0.39 is 17.4 Å². The van der Waals surface area contributed by atoms with E-state index in [0.717, 1.165) is 70.6 Å².